The molecule has 0 bridgehead atoms. The first-order valence-electron chi connectivity index (χ1n) is 11.3. The molecule has 2 heterocycles. The maximum absolute atomic E-state index is 12.0. The molecule has 0 spiro atoms. The lowest BCUT2D eigenvalue weighted by Gasteiger charge is -2.33. The van der Waals surface area contributed by atoms with Crippen molar-refractivity contribution in [2.45, 2.75) is 27.2 Å². The van der Waals surface area contributed by atoms with Crippen molar-refractivity contribution < 1.29 is 9.69 Å². The molecule has 1 fully saturated rings. The average molecular weight is 421 g/mol. The Morgan fingerprint density at radius 2 is 1.84 bits per heavy atom. The van der Waals surface area contributed by atoms with Crippen LogP contribution in [0.5, 0.6) is 0 Å². The molecule has 0 unspecified atom stereocenters. The number of benzene rings is 2. The van der Waals surface area contributed by atoms with Crippen molar-refractivity contribution in [1.29, 1.82) is 0 Å². The number of anilines is 2. The molecule has 3 aromatic rings. The molecule has 6 heteroatoms. The number of hydrogen-bond donors (Lipinski definition) is 2. The van der Waals surface area contributed by atoms with Gasteiger partial charge in [-0.2, -0.15) is 0 Å². The molecule has 164 valence electrons. The maximum atomic E-state index is 12.0. The van der Waals surface area contributed by atoms with Crippen LogP contribution >= 0.6 is 0 Å². The molecule has 0 aliphatic carbocycles. The van der Waals surface area contributed by atoms with Gasteiger partial charge >= 0.3 is 0 Å². The van der Waals surface area contributed by atoms with Crippen molar-refractivity contribution in [3.63, 3.8) is 0 Å². The number of nitrogens with zero attached hydrogens (tertiary/aromatic N) is 3. The highest BCUT2D eigenvalue weighted by Crippen LogP contribution is 2.20. The van der Waals surface area contributed by atoms with Gasteiger partial charge in [0.05, 0.1) is 50.2 Å². The van der Waals surface area contributed by atoms with Crippen LogP contribution in [0.4, 0.5) is 11.4 Å². The standard InChI is InChI=1S/C25H33N5O/c1-18(2)25(31)26-20-7-10-23-22(17-20)27-24(28(23)4)11-12-29-13-15-30(16-14-29)21-8-5-19(3)6-9-21/h5-10,17-18H,11-16H2,1-4H3,(H,26,31)/p+1. The molecule has 1 amide bonds. The zero-order chi connectivity index (χ0) is 22.0. The topological polar surface area (TPSA) is 54.6 Å². The van der Waals surface area contributed by atoms with Crippen LogP contribution in [-0.4, -0.2) is 48.2 Å². The van der Waals surface area contributed by atoms with Crippen LogP contribution in [0.15, 0.2) is 42.5 Å². The number of piperazine rings is 1. The Morgan fingerprint density at radius 3 is 2.52 bits per heavy atom. The van der Waals surface area contributed by atoms with E-state index >= 15 is 0 Å². The third-order valence-corrected chi connectivity index (χ3v) is 6.34. The van der Waals surface area contributed by atoms with Gasteiger partial charge in [-0.15, -0.1) is 0 Å². The van der Waals surface area contributed by atoms with E-state index in [2.05, 4.69) is 59.1 Å². The summed E-state index contributed by atoms with van der Waals surface area (Å²) in [6.45, 7) is 11.5. The molecule has 1 aromatic heterocycles. The van der Waals surface area contributed by atoms with Gasteiger partial charge in [-0.3, -0.25) is 4.79 Å². The van der Waals surface area contributed by atoms with Crippen LogP contribution in [0, 0.1) is 12.8 Å². The summed E-state index contributed by atoms with van der Waals surface area (Å²) in [5.41, 5.74) is 5.51. The van der Waals surface area contributed by atoms with Gasteiger partial charge in [0.2, 0.25) is 5.91 Å². The van der Waals surface area contributed by atoms with E-state index in [4.69, 9.17) is 4.98 Å². The minimum absolute atomic E-state index is 0.0314. The second kappa shape index (κ2) is 9.10. The predicted molar refractivity (Wildman–Crippen MR) is 127 cm³/mol. The van der Waals surface area contributed by atoms with Crippen LogP contribution in [0.3, 0.4) is 0 Å². The Bertz CT molecular complexity index is 1050. The smallest absolute Gasteiger partial charge is 0.226 e. The second-order valence-electron chi connectivity index (χ2n) is 9.01. The van der Waals surface area contributed by atoms with Crippen LogP contribution < -0.4 is 15.1 Å². The van der Waals surface area contributed by atoms with Crippen molar-refractivity contribution in [2.24, 2.45) is 13.0 Å². The lowest BCUT2D eigenvalue weighted by Crippen LogP contribution is -3.15. The van der Waals surface area contributed by atoms with E-state index in [-0.39, 0.29) is 11.8 Å². The number of nitrogens with one attached hydrogen (secondary N) is 2. The fourth-order valence-corrected chi connectivity index (χ4v) is 4.21. The minimum Gasteiger partial charge on any atom is -0.360 e. The van der Waals surface area contributed by atoms with Gasteiger partial charge in [-0.25, -0.2) is 4.98 Å². The number of quaternary nitrogens is 1. The molecule has 1 aliphatic heterocycles. The molecular formula is C25H34N5O+. The number of hydrogen-bond acceptors (Lipinski definition) is 3. The first-order valence-corrected chi connectivity index (χ1v) is 11.3. The summed E-state index contributed by atoms with van der Waals surface area (Å²) in [7, 11) is 2.09. The quantitative estimate of drug-likeness (QED) is 0.644. The predicted octanol–water partition coefficient (Wildman–Crippen LogP) is 2.42. The Hall–Kier alpha value is -2.86. The Kier molecular flexibility index (Phi) is 6.28. The Balaban J connectivity index is 1.35. The third-order valence-electron chi connectivity index (χ3n) is 6.34. The van der Waals surface area contributed by atoms with Gasteiger partial charge in [0.25, 0.3) is 0 Å². The molecule has 6 nitrogen and oxygen atoms in total. The van der Waals surface area contributed by atoms with E-state index in [0.29, 0.717) is 0 Å². The van der Waals surface area contributed by atoms with Crippen LogP contribution in [0.1, 0.15) is 25.2 Å². The minimum atomic E-state index is -0.0376. The van der Waals surface area contributed by atoms with E-state index < -0.39 is 0 Å². The number of aromatic nitrogens is 2. The van der Waals surface area contributed by atoms with Crippen molar-refractivity contribution in [1.82, 2.24) is 9.55 Å². The highest BCUT2D eigenvalue weighted by molar-refractivity contribution is 5.94. The monoisotopic (exact) mass is 420 g/mol. The van der Waals surface area contributed by atoms with Gasteiger partial charge in [0, 0.05) is 24.3 Å². The normalized spacial score (nSPS) is 15.1. The summed E-state index contributed by atoms with van der Waals surface area (Å²) in [6.07, 6.45) is 0.957. The molecule has 0 saturated carbocycles. The number of carbonyl (C=O) groups excluding carboxylic acids is 1. The highest BCUT2D eigenvalue weighted by atomic mass is 16.1. The van der Waals surface area contributed by atoms with Crippen LogP contribution in [0.2, 0.25) is 0 Å². The van der Waals surface area contributed by atoms with Crippen molar-refractivity contribution in [2.75, 3.05) is 42.9 Å². The lowest BCUT2D eigenvalue weighted by atomic mass is 10.2. The summed E-state index contributed by atoms with van der Waals surface area (Å²) in [6, 6.07) is 14.8. The number of rotatable bonds is 6. The SMILES string of the molecule is Cc1ccc(N2CC[NH+](CCc3nc4cc(NC(=O)C(C)C)ccc4n3C)CC2)cc1. The van der Waals surface area contributed by atoms with Crippen LogP contribution in [-0.2, 0) is 18.3 Å². The van der Waals surface area contributed by atoms with Gasteiger partial charge < -0.3 is 19.7 Å². The fourth-order valence-electron chi connectivity index (χ4n) is 4.21. The molecule has 2 aromatic carbocycles. The summed E-state index contributed by atoms with van der Waals surface area (Å²) in [5, 5.41) is 2.97. The van der Waals surface area contributed by atoms with Gasteiger partial charge in [0.15, 0.2) is 0 Å². The van der Waals surface area contributed by atoms with Crippen molar-refractivity contribution in [3.05, 3.63) is 53.9 Å². The van der Waals surface area contributed by atoms with Crippen molar-refractivity contribution in [3.8, 4) is 0 Å². The number of aryl methyl sites for hydroxylation is 2. The number of imidazole rings is 1. The van der Waals surface area contributed by atoms with E-state index in [0.717, 1.165) is 61.7 Å². The molecule has 1 aliphatic rings. The Morgan fingerprint density at radius 1 is 1.13 bits per heavy atom. The molecule has 1 saturated heterocycles. The average Bonchev–Trinajstić information content (AvgIpc) is 3.08. The Labute approximate surface area is 184 Å². The second-order valence-corrected chi connectivity index (χ2v) is 9.01. The van der Waals surface area contributed by atoms with E-state index in [1.807, 2.05) is 26.0 Å². The van der Waals surface area contributed by atoms with Gasteiger partial charge in [-0.1, -0.05) is 31.5 Å². The maximum Gasteiger partial charge on any atom is 0.226 e. The molecular weight excluding hydrogens is 386 g/mol. The summed E-state index contributed by atoms with van der Waals surface area (Å²) >= 11 is 0. The van der Waals surface area contributed by atoms with Crippen molar-refractivity contribution >= 4 is 28.3 Å². The number of carbonyl (C=O) groups is 1. The highest BCUT2D eigenvalue weighted by Gasteiger charge is 2.21. The summed E-state index contributed by atoms with van der Waals surface area (Å²) in [4.78, 5) is 21.0. The zero-order valence-corrected chi connectivity index (χ0v) is 19.1. The molecule has 2 N–H and O–H groups in total. The largest absolute Gasteiger partial charge is 0.360 e. The first kappa shape index (κ1) is 21.4. The molecule has 0 atom stereocenters. The molecule has 4 rings (SSSR count). The van der Waals surface area contributed by atoms with Gasteiger partial charge in [-0.05, 0) is 37.3 Å². The summed E-state index contributed by atoms with van der Waals surface area (Å²) in [5.74, 6) is 1.10. The van der Waals surface area contributed by atoms with E-state index in [9.17, 15) is 4.79 Å². The fraction of sp³-hybridized carbons (Fsp3) is 0.440. The number of amides is 1. The van der Waals surface area contributed by atoms with E-state index in [1.165, 1.54) is 11.3 Å². The zero-order valence-electron chi connectivity index (χ0n) is 19.1. The first-order chi connectivity index (χ1) is 14.9. The molecule has 0 radical (unpaired) electrons. The number of fused-ring (bicyclic) bond motifs is 1. The lowest BCUT2D eigenvalue weighted by molar-refractivity contribution is -0.900. The summed E-state index contributed by atoms with van der Waals surface area (Å²) < 4.78 is 2.19. The third kappa shape index (κ3) is 4.90. The van der Waals surface area contributed by atoms with E-state index in [1.54, 1.807) is 4.90 Å². The van der Waals surface area contributed by atoms with Crippen LogP contribution in [0.25, 0.3) is 11.0 Å². The van der Waals surface area contributed by atoms with Gasteiger partial charge in [0.1, 0.15) is 5.82 Å². The molecule has 31 heavy (non-hydrogen) atoms.